The fourth-order valence-electron chi connectivity index (χ4n) is 1.96. The zero-order valence-electron chi connectivity index (χ0n) is 11.0. The first kappa shape index (κ1) is 15.0. The Morgan fingerprint density at radius 3 is 2.14 bits per heavy atom. The summed E-state index contributed by atoms with van der Waals surface area (Å²) in [7, 11) is 0. The van der Waals surface area contributed by atoms with Gasteiger partial charge in [-0.15, -0.1) is 0 Å². The lowest BCUT2D eigenvalue weighted by Crippen LogP contribution is -2.07. The predicted molar refractivity (Wildman–Crippen MR) is 63.5 cm³/mol. The quantitative estimate of drug-likeness (QED) is 0.371. The molecule has 0 amide bonds. The second-order valence-electron chi connectivity index (χ2n) is 4.30. The predicted octanol–water partition coefficient (Wildman–Crippen LogP) is 2.92. The largest absolute Gasteiger partial charge is 0.461 e. The van der Waals surface area contributed by atoms with Gasteiger partial charge in [0.05, 0.1) is 5.52 Å². The third kappa shape index (κ3) is 2.37. The van der Waals surface area contributed by atoms with Crippen LogP contribution >= 0.6 is 0 Å². The van der Waals surface area contributed by atoms with Crippen LogP contribution in [0.5, 0.6) is 0 Å². The molecule has 0 N–H and O–H groups in total. The molecule has 0 bridgehead atoms. The van der Waals surface area contributed by atoms with Gasteiger partial charge in [0.2, 0.25) is 5.91 Å². The van der Waals surface area contributed by atoms with Gasteiger partial charge in [-0.3, -0.25) is 14.2 Å². The summed E-state index contributed by atoms with van der Waals surface area (Å²) in [6, 6.07) is 0. The standard InChI is InChI=1S/C13H9F4NO3/c1-5(19)18-3-7(4-21-6(2)20)8-9(14)10(15)11(16)12(17)13(8)18/h3H,4H2,1-2H3. The van der Waals surface area contributed by atoms with E-state index in [9.17, 15) is 27.2 Å². The van der Waals surface area contributed by atoms with Gasteiger partial charge < -0.3 is 4.74 Å². The summed E-state index contributed by atoms with van der Waals surface area (Å²) in [5, 5.41) is -0.636. The van der Waals surface area contributed by atoms with E-state index in [0.29, 0.717) is 4.57 Å². The molecule has 0 atom stereocenters. The molecular formula is C13H9F4NO3. The Kier molecular flexibility index (Phi) is 3.71. The van der Waals surface area contributed by atoms with E-state index in [-0.39, 0.29) is 5.56 Å². The van der Waals surface area contributed by atoms with Crippen molar-refractivity contribution in [3.05, 3.63) is 35.0 Å². The van der Waals surface area contributed by atoms with Gasteiger partial charge in [-0.25, -0.2) is 17.6 Å². The molecule has 0 saturated carbocycles. The molecule has 2 rings (SSSR count). The van der Waals surface area contributed by atoms with Crippen molar-refractivity contribution in [2.45, 2.75) is 20.5 Å². The van der Waals surface area contributed by atoms with Crippen LogP contribution in [0, 0.1) is 23.3 Å². The zero-order valence-corrected chi connectivity index (χ0v) is 11.0. The average molecular weight is 303 g/mol. The number of carbonyl (C=O) groups is 2. The van der Waals surface area contributed by atoms with Gasteiger partial charge >= 0.3 is 5.97 Å². The molecule has 0 saturated heterocycles. The fourth-order valence-corrected chi connectivity index (χ4v) is 1.96. The van der Waals surface area contributed by atoms with Crippen LogP contribution in [0.4, 0.5) is 17.6 Å². The van der Waals surface area contributed by atoms with E-state index in [1.54, 1.807) is 0 Å². The lowest BCUT2D eigenvalue weighted by Gasteiger charge is -2.05. The molecule has 0 aliphatic rings. The van der Waals surface area contributed by atoms with Crippen LogP contribution in [0.15, 0.2) is 6.20 Å². The summed E-state index contributed by atoms with van der Waals surface area (Å²) < 4.78 is 59.5. The molecular weight excluding hydrogens is 294 g/mol. The number of aromatic nitrogens is 1. The molecule has 0 spiro atoms. The van der Waals surface area contributed by atoms with E-state index in [1.165, 1.54) is 0 Å². The number of fused-ring (bicyclic) bond motifs is 1. The van der Waals surface area contributed by atoms with Crippen LogP contribution in [0.2, 0.25) is 0 Å². The molecule has 2 aromatic rings. The van der Waals surface area contributed by atoms with Crippen molar-refractivity contribution in [2.24, 2.45) is 0 Å². The lowest BCUT2D eigenvalue weighted by molar-refractivity contribution is -0.142. The molecule has 112 valence electrons. The second kappa shape index (κ2) is 5.19. The minimum absolute atomic E-state index is 0.147. The van der Waals surface area contributed by atoms with E-state index in [2.05, 4.69) is 4.74 Å². The third-order valence-corrected chi connectivity index (χ3v) is 2.86. The van der Waals surface area contributed by atoms with E-state index in [1.807, 2.05) is 0 Å². The maximum absolute atomic E-state index is 13.9. The number of ether oxygens (including phenoxy) is 1. The van der Waals surface area contributed by atoms with E-state index in [0.717, 1.165) is 20.0 Å². The number of nitrogens with zero attached hydrogens (tertiary/aromatic N) is 1. The van der Waals surface area contributed by atoms with Crippen LogP contribution in [0.25, 0.3) is 10.9 Å². The highest BCUT2D eigenvalue weighted by atomic mass is 19.2. The summed E-state index contributed by atoms with van der Waals surface area (Å²) in [5.41, 5.74) is -0.883. The normalized spacial score (nSPS) is 11.0. The van der Waals surface area contributed by atoms with Crippen molar-refractivity contribution in [2.75, 3.05) is 0 Å². The van der Waals surface area contributed by atoms with E-state index >= 15 is 0 Å². The van der Waals surface area contributed by atoms with Crippen molar-refractivity contribution in [3.8, 4) is 0 Å². The molecule has 8 heteroatoms. The second-order valence-corrected chi connectivity index (χ2v) is 4.30. The van der Waals surface area contributed by atoms with Gasteiger partial charge in [0, 0.05) is 31.0 Å². The maximum atomic E-state index is 13.9. The molecule has 0 aliphatic carbocycles. The maximum Gasteiger partial charge on any atom is 0.302 e. The van der Waals surface area contributed by atoms with Gasteiger partial charge in [-0.1, -0.05) is 0 Å². The molecule has 1 aromatic heterocycles. The third-order valence-electron chi connectivity index (χ3n) is 2.86. The van der Waals surface area contributed by atoms with Crippen molar-refractivity contribution < 1.29 is 31.9 Å². The molecule has 0 unspecified atom stereocenters. The summed E-state index contributed by atoms with van der Waals surface area (Å²) in [4.78, 5) is 22.2. The Bertz CT molecular complexity index is 767. The van der Waals surface area contributed by atoms with Gasteiger partial charge in [-0.2, -0.15) is 0 Å². The molecule has 1 heterocycles. The molecule has 0 fully saturated rings. The van der Waals surface area contributed by atoms with E-state index in [4.69, 9.17) is 0 Å². The number of esters is 1. The highest BCUT2D eigenvalue weighted by molar-refractivity contribution is 5.94. The monoisotopic (exact) mass is 303 g/mol. The molecule has 4 nitrogen and oxygen atoms in total. The first-order chi connectivity index (χ1) is 9.75. The minimum atomic E-state index is -2.01. The summed E-state index contributed by atoms with van der Waals surface area (Å²) in [6.07, 6.45) is 0.973. The van der Waals surface area contributed by atoms with Gasteiger partial charge in [0.1, 0.15) is 6.61 Å². The molecule has 0 aliphatic heterocycles. The number of halogens is 4. The van der Waals surface area contributed by atoms with Crippen molar-refractivity contribution >= 4 is 22.8 Å². The average Bonchev–Trinajstić information content (AvgIpc) is 2.80. The van der Waals surface area contributed by atoms with Gasteiger partial charge in [0.15, 0.2) is 23.3 Å². The van der Waals surface area contributed by atoms with Crippen molar-refractivity contribution in [3.63, 3.8) is 0 Å². The molecule has 0 radical (unpaired) electrons. The lowest BCUT2D eigenvalue weighted by atomic mass is 10.1. The van der Waals surface area contributed by atoms with Crippen LogP contribution in [-0.2, 0) is 16.1 Å². The zero-order chi connectivity index (χ0) is 15.9. The van der Waals surface area contributed by atoms with Gasteiger partial charge in [0.25, 0.3) is 0 Å². The summed E-state index contributed by atoms with van der Waals surface area (Å²) in [6.45, 7) is 1.61. The van der Waals surface area contributed by atoms with Crippen molar-refractivity contribution in [1.82, 2.24) is 4.57 Å². The number of hydrogen-bond acceptors (Lipinski definition) is 3. The van der Waals surface area contributed by atoms with Crippen LogP contribution < -0.4 is 0 Å². The Morgan fingerprint density at radius 1 is 1.05 bits per heavy atom. The Hall–Kier alpha value is -2.38. The molecule has 21 heavy (non-hydrogen) atoms. The first-order valence-electron chi connectivity index (χ1n) is 5.75. The highest BCUT2D eigenvalue weighted by Crippen LogP contribution is 2.31. The van der Waals surface area contributed by atoms with E-state index < -0.39 is 52.7 Å². The van der Waals surface area contributed by atoms with Crippen LogP contribution in [0.1, 0.15) is 24.2 Å². The topological polar surface area (TPSA) is 48.3 Å². The number of benzene rings is 1. The summed E-state index contributed by atoms with van der Waals surface area (Å²) >= 11 is 0. The van der Waals surface area contributed by atoms with Gasteiger partial charge in [-0.05, 0) is 0 Å². The van der Waals surface area contributed by atoms with Crippen LogP contribution in [0.3, 0.4) is 0 Å². The smallest absolute Gasteiger partial charge is 0.302 e. The SMILES string of the molecule is CC(=O)OCc1cn(C(C)=O)c2c(F)c(F)c(F)c(F)c12. The minimum Gasteiger partial charge on any atom is -0.461 e. The molecule has 1 aromatic carbocycles. The Balaban J connectivity index is 2.82. The van der Waals surface area contributed by atoms with Crippen LogP contribution in [-0.4, -0.2) is 16.4 Å². The Labute approximate surface area is 115 Å². The highest BCUT2D eigenvalue weighted by Gasteiger charge is 2.27. The first-order valence-corrected chi connectivity index (χ1v) is 5.75. The number of carbonyl (C=O) groups excluding carboxylic acids is 2. The summed E-state index contributed by atoms with van der Waals surface area (Å²) in [5.74, 6) is -8.79. The number of hydrogen-bond donors (Lipinski definition) is 0. The number of rotatable bonds is 2. The van der Waals surface area contributed by atoms with Crippen molar-refractivity contribution in [1.29, 1.82) is 0 Å². The fraction of sp³-hybridized carbons (Fsp3) is 0.231. The Morgan fingerprint density at radius 2 is 1.62 bits per heavy atom.